The van der Waals surface area contributed by atoms with Crippen molar-refractivity contribution in [3.8, 4) is 0 Å². The number of rotatable bonds is 3. The number of amides is 2. The molecule has 0 unspecified atom stereocenters. The van der Waals surface area contributed by atoms with Crippen LogP contribution in [0.5, 0.6) is 0 Å². The molecule has 4 heteroatoms. The number of carbonyl (C=O) groups excluding carboxylic acids is 1. The molecule has 2 aliphatic rings. The molecule has 1 heterocycles. The first kappa shape index (κ1) is 15.6. The molecule has 4 nitrogen and oxygen atoms in total. The molecule has 2 amide bonds. The topological polar surface area (TPSA) is 52.6 Å². The van der Waals surface area contributed by atoms with Crippen molar-refractivity contribution in [3.63, 3.8) is 0 Å². The van der Waals surface area contributed by atoms with Crippen LogP contribution in [0.4, 0.5) is 4.79 Å². The zero-order valence-electron chi connectivity index (χ0n) is 13.0. The van der Waals surface area contributed by atoms with Gasteiger partial charge in [-0.15, -0.1) is 0 Å². The summed E-state index contributed by atoms with van der Waals surface area (Å²) in [6, 6.07) is 0.423. The molecule has 1 saturated heterocycles. The van der Waals surface area contributed by atoms with Crippen LogP contribution in [-0.4, -0.2) is 41.8 Å². The van der Waals surface area contributed by atoms with Gasteiger partial charge in [0, 0.05) is 25.7 Å². The van der Waals surface area contributed by atoms with Crippen molar-refractivity contribution in [1.82, 2.24) is 10.2 Å². The number of carbonyl (C=O) groups is 1. The third-order valence-corrected chi connectivity index (χ3v) is 5.05. The highest BCUT2D eigenvalue weighted by atomic mass is 16.3. The zero-order valence-corrected chi connectivity index (χ0v) is 13.0. The Balaban J connectivity index is 1.89. The summed E-state index contributed by atoms with van der Waals surface area (Å²) in [5.41, 5.74) is 0. The second-order valence-electron chi connectivity index (χ2n) is 6.89. The normalized spacial score (nSPS) is 31.4. The van der Waals surface area contributed by atoms with Crippen molar-refractivity contribution < 1.29 is 9.90 Å². The molecule has 1 saturated carbocycles. The van der Waals surface area contributed by atoms with Gasteiger partial charge in [0.25, 0.3) is 0 Å². The number of aliphatic hydroxyl groups excluding tert-OH is 1. The van der Waals surface area contributed by atoms with Crippen LogP contribution in [0, 0.1) is 17.8 Å². The molecule has 0 radical (unpaired) electrons. The van der Waals surface area contributed by atoms with Crippen LogP contribution in [0.15, 0.2) is 0 Å². The summed E-state index contributed by atoms with van der Waals surface area (Å²) in [4.78, 5) is 14.3. The van der Waals surface area contributed by atoms with Gasteiger partial charge in [-0.2, -0.15) is 0 Å². The lowest BCUT2D eigenvalue weighted by Gasteiger charge is -2.38. The van der Waals surface area contributed by atoms with Gasteiger partial charge in [-0.05, 0) is 43.4 Å². The average molecular weight is 282 g/mol. The summed E-state index contributed by atoms with van der Waals surface area (Å²) >= 11 is 0. The SMILES string of the molecule is CC(C)[C@@H]1CCCC[C@@H]1NC(=O)N1CCC[C@@H](CO)C1. The predicted octanol–water partition coefficient (Wildman–Crippen LogP) is 2.62. The van der Waals surface area contributed by atoms with E-state index >= 15 is 0 Å². The van der Waals surface area contributed by atoms with Gasteiger partial charge in [0.05, 0.1) is 0 Å². The van der Waals surface area contributed by atoms with E-state index in [1.165, 1.54) is 19.3 Å². The van der Waals surface area contributed by atoms with Gasteiger partial charge in [-0.1, -0.05) is 26.7 Å². The van der Waals surface area contributed by atoms with Crippen molar-refractivity contribution in [1.29, 1.82) is 0 Å². The van der Waals surface area contributed by atoms with E-state index in [-0.39, 0.29) is 18.6 Å². The Morgan fingerprint density at radius 3 is 2.70 bits per heavy atom. The predicted molar refractivity (Wildman–Crippen MR) is 80.5 cm³/mol. The number of hydrogen-bond donors (Lipinski definition) is 2. The second-order valence-corrected chi connectivity index (χ2v) is 6.89. The van der Waals surface area contributed by atoms with E-state index in [0.29, 0.717) is 24.4 Å². The molecule has 2 N–H and O–H groups in total. The summed E-state index contributed by atoms with van der Waals surface area (Å²) in [6.07, 6.45) is 6.93. The van der Waals surface area contributed by atoms with Crippen molar-refractivity contribution in [2.24, 2.45) is 17.8 Å². The third-order valence-electron chi connectivity index (χ3n) is 5.05. The van der Waals surface area contributed by atoms with Crippen LogP contribution >= 0.6 is 0 Å². The number of hydrogen-bond acceptors (Lipinski definition) is 2. The Labute approximate surface area is 122 Å². The molecule has 3 atom stereocenters. The third kappa shape index (κ3) is 3.87. The smallest absolute Gasteiger partial charge is 0.317 e. The van der Waals surface area contributed by atoms with Crippen LogP contribution in [0.25, 0.3) is 0 Å². The van der Waals surface area contributed by atoms with Crippen molar-refractivity contribution in [3.05, 3.63) is 0 Å². The minimum absolute atomic E-state index is 0.0840. The molecular weight excluding hydrogens is 252 g/mol. The zero-order chi connectivity index (χ0) is 14.5. The summed E-state index contributed by atoms with van der Waals surface area (Å²) in [7, 11) is 0. The Kier molecular flexibility index (Phi) is 5.70. The Morgan fingerprint density at radius 1 is 1.25 bits per heavy atom. The van der Waals surface area contributed by atoms with E-state index in [4.69, 9.17) is 0 Å². The fourth-order valence-electron chi connectivity index (χ4n) is 3.79. The number of likely N-dealkylation sites (tertiary alicyclic amines) is 1. The van der Waals surface area contributed by atoms with Crippen LogP contribution in [0.3, 0.4) is 0 Å². The summed E-state index contributed by atoms with van der Waals surface area (Å²) in [5.74, 6) is 1.51. The first-order valence-corrected chi connectivity index (χ1v) is 8.28. The van der Waals surface area contributed by atoms with E-state index in [1.807, 2.05) is 4.90 Å². The summed E-state index contributed by atoms with van der Waals surface area (Å²) in [6.45, 7) is 6.26. The van der Waals surface area contributed by atoms with Crippen LogP contribution in [0.1, 0.15) is 52.4 Å². The van der Waals surface area contributed by atoms with E-state index < -0.39 is 0 Å². The Hall–Kier alpha value is -0.770. The van der Waals surface area contributed by atoms with E-state index in [1.54, 1.807) is 0 Å². The monoisotopic (exact) mass is 282 g/mol. The van der Waals surface area contributed by atoms with Crippen molar-refractivity contribution in [2.45, 2.75) is 58.4 Å². The van der Waals surface area contributed by atoms with Gasteiger partial charge in [0.15, 0.2) is 0 Å². The highest BCUT2D eigenvalue weighted by Gasteiger charge is 2.31. The largest absolute Gasteiger partial charge is 0.396 e. The van der Waals surface area contributed by atoms with E-state index in [9.17, 15) is 9.90 Å². The Morgan fingerprint density at radius 2 is 2.00 bits per heavy atom. The molecular formula is C16H30N2O2. The highest BCUT2D eigenvalue weighted by molar-refractivity contribution is 5.74. The molecule has 20 heavy (non-hydrogen) atoms. The molecule has 1 aliphatic heterocycles. The van der Waals surface area contributed by atoms with Gasteiger partial charge < -0.3 is 15.3 Å². The van der Waals surface area contributed by atoms with Gasteiger partial charge in [0.2, 0.25) is 0 Å². The van der Waals surface area contributed by atoms with Crippen LogP contribution in [-0.2, 0) is 0 Å². The average Bonchev–Trinajstić information content (AvgIpc) is 2.47. The lowest BCUT2D eigenvalue weighted by molar-refractivity contribution is 0.121. The quantitative estimate of drug-likeness (QED) is 0.836. The molecule has 2 rings (SSSR count). The van der Waals surface area contributed by atoms with Crippen LogP contribution < -0.4 is 5.32 Å². The second kappa shape index (κ2) is 7.30. The van der Waals surface area contributed by atoms with E-state index in [0.717, 1.165) is 25.8 Å². The number of urea groups is 1. The first-order chi connectivity index (χ1) is 9.61. The molecule has 0 aromatic rings. The fourth-order valence-corrected chi connectivity index (χ4v) is 3.79. The number of nitrogens with one attached hydrogen (secondary N) is 1. The van der Waals surface area contributed by atoms with Crippen molar-refractivity contribution in [2.75, 3.05) is 19.7 Å². The van der Waals surface area contributed by atoms with Crippen molar-refractivity contribution >= 4 is 6.03 Å². The standard InChI is InChI=1S/C16H30N2O2/c1-12(2)14-7-3-4-8-15(14)17-16(20)18-9-5-6-13(10-18)11-19/h12-15,19H,3-11H2,1-2H3,(H,17,20)/t13-,14+,15+/m1/s1. The van der Waals surface area contributed by atoms with Crippen LogP contribution in [0.2, 0.25) is 0 Å². The summed E-state index contributed by atoms with van der Waals surface area (Å²) < 4.78 is 0. The number of piperidine rings is 1. The van der Waals surface area contributed by atoms with Gasteiger partial charge in [-0.25, -0.2) is 4.79 Å². The first-order valence-electron chi connectivity index (χ1n) is 8.28. The molecule has 0 spiro atoms. The maximum Gasteiger partial charge on any atom is 0.317 e. The fraction of sp³-hybridized carbons (Fsp3) is 0.938. The molecule has 2 fully saturated rings. The molecule has 0 aromatic carbocycles. The van der Waals surface area contributed by atoms with Gasteiger partial charge in [-0.3, -0.25) is 0 Å². The van der Waals surface area contributed by atoms with Gasteiger partial charge in [0.1, 0.15) is 0 Å². The summed E-state index contributed by atoms with van der Waals surface area (Å²) in [5, 5.41) is 12.5. The molecule has 0 aromatic heterocycles. The minimum Gasteiger partial charge on any atom is -0.396 e. The Bertz CT molecular complexity index is 320. The lowest BCUT2D eigenvalue weighted by Crippen LogP contribution is -2.52. The molecule has 1 aliphatic carbocycles. The number of aliphatic hydroxyl groups is 1. The maximum absolute atomic E-state index is 12.4. The highest BCUT2D eigenvalue weighted by Crippen LogP contribution is 2.30. The van der Waals surface area contributed by atoms with Gasteiger partial charge >= 0.3 is 6.03 Å². The number of nitrogens with zero attached hydrogens (tertiary/aromatic N) is 1. The molecule has 116 valence electrons. The molecule has 0 bridgehead atoms. The maximum atomic E-state index is 12.4. The minimum atomic E-state index is 0.0840. The van der Waals surface area contributed by atoms with E-state index in [2.05, 4.69) is 19.2 Å². The lowest BCUT2D eigenvalue weighted by atomic mass is 9.78.